The van der Waals surface area contributed by atoms with Crippen LogP contribution in [0.1, 0.15) is 47.1 Å². The van der Waals surface area contributed by atoms with Crippen LogP contribution in [-0.4, -0.2) is 41.8 Å². The van der Waals surface area contributed by atoms with Gasteiger partial charge in [0, 0.05) is 25.0 Å². The molecule has 1 unspecified atom stereocenters. The smallest absolute Gasteiger partial charge is 0.399 e. The Morgan fingerprint density at radius 1 is 1.30 bits per heavy atom. The Kier molecular flexibility index (Phi) is 4.28. The fraction of sp³-hybridized carbons (Fsp3) is 0.786. The van der Waals surface area contributed by atoms with Crippen LogP contribution in [0, 0.1) is 0 Å². The van der Waals surface area contributed by atoms with Crippen LogP contribution < -0.4 is 5.46 Å². The quantitative estimate of drug-likeness (QED) is 0.771. The molecule has 5 nitrogen and oxygen atoms in total. The van der Waals surface area contributed by atoms with Crippen molar-refractivity contribution in [3.05, 3.63) is 12.4 Å². The highest BCUT2D eigenvalue weighted by Gasteiger charge is 2.52. The standard InChI is InChI=1S/C14H25BN2O3/c1-7-12(10-18-6)17-9-11(8-16-17)15-19-13(2,3)14(4,5)20-15/h8-9,12H,7,10H2,1-6H3. The van der Waals surface area contributed by atoms with E-state index in [0.717, 1.165) is 11.9 Å². The van der Waals surface area contributed by atoms with Crippen LogP contribution >= 0.6 is 0 Å². The number of methoxy groups -OCH3 is 1. The van der Waals surface area contributed by atoms with Crippen LogP contribution in [0.25, 0.3) is 0 Å². The number of hydrogen-bond acceptors (Lipinski definition) is 4. The number of aromatic nitrogens is 2. The molecule has 1 atom stereocenters. The first kappa shape index (κ1) is 15.5. The van der Waals surface area contributed by atoms with E-state index in [9.17, 15) is 0 Å². The van der Waals surface area contributed by atoms with E-state index >= 15 is 0 Å². The Bertz CT molecular complexity index is 443. The van der Waals surface area contributed by atoms with Gasteiger partial charge in [-0.15, -0.1) is 0 Å². The minimum Gasteiger partial charge on any atom is -0.399 e. The maximum atomic E-state index is 6.03. The van der Waals surface area contributed by atoms with E-state index in [1.165, 1.54) is 0 Å². The molecule has 1 aliphatic heterocycles. The van der Waals surface area contributed by atoms with E-state index in [1.807, 2.05) is 17.1 Å². The highest BCUT2D eigenvalue weighted by Crippen LogP contribution is 2.36. The van der Waals surface area contributed by atoms with E-state index in [2.05, 4.69) is 39.7 Å². The van der Waals surface area contributed by atoms with Gasteiger partial charge in [-0.25, -0.2) is 0 Å². The van der Waals surface area contributed by atoms with Crippen molar-refractivity contribution in [1.82, 2.24) is 9.78 Å². The number of nitrogens with zero attached hydrogens (tertiary/aromatic N) is 2. The van der Waals surface area contributed by atoms with Crippen LogP contribution in [0.15, 0.2) is 12.4 Å². The number of ether oxygens (including phenoxy) is 1. The molecule has 0 spiro atoms. The van der Waals surface area contributed by atoms with Crippen molar-refractivity contribution in [2.24, 2.45) is 0 Å². The highest BCUT2D eigenvalue weighted by atomic mass is 16.7. The number of hydrogen-bond donors (Lipinski definition) is 0. The van der Waals surface area contributed by atoms with Crippen LogP contribution in [-0.2, 0) is 14.0 Å². The molecule has 6 heteroatoms. The molecule has 1 aliphatic rings. The summed E-state index contributed by atoms with van der Waals surface area (Å²) in [5, 5.41) is 4.42. The Morgan fingerprint density at radius 2 is 1.90 bits per heavy atom. The molecule has 0 N–H and O–H groups in total. The average Bonchev–Trinajstić information content (AvgIpc) is 2.90. The Morgan fingerprint density at radius 3 is 2.40 bits per heavy atom. The summed E-state index contributed by atoms with van der Waals surface area (Å²) in [6.45, 7) is 11.0. The largest absolute Gasteiger partial charge is 0.498 e. The molecular formula is C14H25BN2O3. The normalized spacial score (nSPS) is 22.2. The SMILES string of the molecule is CCC(COC)n1cc(B2OC(C)(C)C(C)(C)O2)cn1. The first-order valence-electron chi connectivity index (χ1n) is 7.19. The lowest BCUT2D eigenvalue weighted by Crippen LogP contribution is -2.41. The molecular weight excluding hydrogens is 255 g/mol. The van der Waals surface area contributed by atoms with Crippen molar-refractivity contribution in [2.45, 2.75) is 58.3 Å². The van der Waals surface area contributed by atoms with Crippen LogP contribution in [0.2, 0.25) is 0 Å². The molecule has 1 aromatic heterocycles. The van der Waals surface area contributed by atoms with Crippen molar-refractivity contribution >= 4 is 12.6 Å². The van der Waals surface area contributed by atoms with Gasteiger partial charge in [-0.3, -0.25) is 4.68 Å². The zero-order chi connectivity index (χ0) is 15.0. The van der Waals surface area contributed by atoms with E-state index in [4.69, 9.17) is 14.0 Å². The van der Waals surface area contributed by atoms with E-state index in [-0.39, 0.29) is 24.4 Å². The van der Waals surface area contributed by atoms with Gasteiger partial charge in [0.05, 0.1) is 23.9 Å². The molecule has 0 radical (unpaired) electrons. The second-order valence-electron chi connectivity index (χ2n) is 6.36. The molecule has 0 aliphatic carbocycles. The molecule has 20 heavy (non-hydrogen) atoms. The Labute approximate surface area is 121 Å². The van der Waals surface area contributed by atoms with Crippen molar-refractivity contribution in [3.63, 3.8) is 0 Å². The first-order chi connectivity index (χ1) is 9.30. The Balaban J connectivity index is 2.14. The Hall–Kier alpha value is -0.845. The molecule has 2 rings (SSSR count). The zero-order valence-corrected chi connectivity index (χ0v) is 13.3. The lowest BCUT2D eigenvalue weighted by Gasteiger charge is -2.32. The second-order valence-corrected chi connectivity index (χ2v) is 6.36. The van der Waals surface area contributed by atoms with Gasteiger partial charge in [0.1, 0.15) is 0 Å². The van der Waals surface area contributed by atoms with Crippen molar-refractivity contribution in [2.75, 3.05) is 13.7 Å². The molecule has 112 valence electrons. The van der Waals surface area contributed by atoms with Crippen molar-refractivity contribution < 1.29 is 14.0 Å². The third-order valence-corrected chi connectivity index (χ3v) is 4.35. The summed E-state index contributed by atoms with van der Waals surface area (Å²) in [6, 6.07) is 0.246. The first-order valence-corrected chi connectivity index (χ1v) is 7.19. The highest BCUT2D eigenvalue weighted by molar-refractivity contribution is 6.61. The fourth-order valence-corrected chi connectivity index (χ4v) is 2.23. The summed E-state index contributed by atoms with van der Waals surface area (Å²) in [6.07, 6.45) is 4.79. The minimum absolute atomic E-state index is 0.246. The lowest BCUT2D eigenvalue weighted by molar-refractivity contribution is 0.00578. The van der Waals surface area contributed by atoms with Gasteiger partial charge in [0.15, 0.2) is 0 Å². The van der Waals surface area contributed by atoms with Gasteiger partial charge in [-0.05, 0) is 34.1 Å². The molecule has 1 saturated heterocycles. The van der Waals surface area contributed by atoms with Gasteiger partial charge in [-0.1, -0.05) is 6.92 Å². The summed E-state index contributed by atoms with van der Waals surface area (Å²) >= 11 is 0. The van der Waals surface area contributed by atoms with Crippen molar-refractivity contribution in [3.8, 4) is 0 Å². The average molecular weight is 280 g/mol. The summed E-state index contributed by atoms with van der Waals surface area (Å²) in [5.41, 5.74) is 0.311. The molecule has 1 fully saturated rings. The van der Waals surface area contributed by atoms with Crippen LogP contribution in [0.3, 0.4) is 0 Å². The van der Waals surface area contributed by atoms with E-state index < -0.39 is 0 Å². The summed E-state index contributed by atoms with van der Waals surface area (Å²) in [4.78, 5) is 0. The minimum atomic E-state index is -0.353. The lowest BCUT2D eigenvalue weighted by atomic mass is 9.82. The molecule has 1 aromatic rings. The van der Waals surface area contributed by atoms with E-state index in [1.54, 1.807) is 7.11 Å². The van der Waals surface area contributed by atoms with Crippen LogP contribution in [0.5, 0.6) is 0 Å². The zero-order valence-electron chi connectivity index (χ0n) is 13.3. The molecule has 0 aromatic carbocycles. The van der Waals surface area contributed by atoms with Crippen LogP contribution in [0.4, 0.5) is 0 Å². The topological polar surface area (TPSA) is 45.5 Å². The summed E-state index contributed by atoms with van der Waals surface area (Å²) in [5.74, 6) is 0. The third kappa shape index (κ3) is 2.78. The van der Waals surface area contributed by atoms with Gasteiger partial charge < -0.3 is 14.0 Å². The second kappa shape index (κ2) is 5.50. The molecule has 0 bridgehead atoms. The van der Waals surface area contributed by atoms with Gasteiger partial charge in [0.2, 0.25) is 0 Å². The van der Waals surface area contributed by atoms with Gasteiger partial charge in [0.25, 0.3) is 0 Å². The molecule has 0 saturated carbocycles. The number of rotatable bonds is 5. The third-order valence-electron chi connectivity index (χ3n) is 4.35. The fourth-order valence-electron chi connectivity index (χ4n) is 2.23. The monoisotopic (exact) mass is 280 g/mol. The predicted molar refractivity (Wildman–Crippen MR) is 79.1 cm³/mol. The van der Waals surface area contributed by atoms with Crippen molar-refractivity contribution in [1.29, 1.82) is 0 Å². The van der Waals surface area contributed by atoms with Gasteiger partial charge >= 0.3 is 7.12 Å². The maximum absolute atomic E-state index is 6.03. The van der Waals surface area contributed by atoms with Gasteiger partial charge in [-0.2, -0.15) is 5.10 Å². The maximum Gasteiger partial charge on any atom is 0.498 e. The summed E-state index contributed by atoms with van der Waals surface area (Å²) < 4.78 is 19.2. The van der Waals surface area contributed by atoms with E-state index in [0.29, 0.717) is 6.61 Å². The summed E-state index contributed by atoms with van der Waals surface area (Å²) in [7, 11) is 1.36. The molecule has 0 amide bonds. The predicted octanol–water partition coefficient (Wildman–Crippen LogP) is 1.78. The molecule has 2 heterocycles.